The van der Waals surface area contributed by atoms with Gasteiger partial charge in [0.05, 0.1) is 22.2 Å². The number of hydrogen-bond acceptors (Lipinski definition) is 4. The van der Waals surface area contributed by atoms with Gasteiger partial charge in [-0.25, -0.2) is 0 Å². The number of para-hydroxylation sites is 3. The van der Waals surface area contributed by atoms with Crippen molar-refractivity contribution in [3.05, 3.63) is 95.0 Å². The summed E-state index contributed by atoms with van der Waals surface area (Å²) in [6, 6.07) is 27.8. The smallest absolute Gasteiger partial charge is 0.374 e. The molecule has 2 aliphatic heterocycles. The lowest BCUT2D eigenvalue weighted by molar-refractivity contribution is -0.575. The zero-order valence-corrected chi connectivity index (χ0v) is 19.2. The normalized spacial score (nSPS) is 15.8. The maximum atomic E-state index is 6.19. The molecule has 0 radical (unpaired) electrons. The summed E-state index contributed by atoms with van der Waals surface area (Å²) in [4.78, 5) is 3.85. The van der Waals surface area contributed by atoms with Gasteiger partial charge in [-0.05, 0) is 36.6 Å². The molecule has 0 fully saturated rings. The Balaban J connectivity index is 1.54. The summed E-state index contributed by atoms with van der Waals surface area (Å²) in [6.45, 7) is 2.00. The SMILES string of the molecule is NCCOc1cc(C=C2Sc3cccc4c3N2CCC4)c2ccccc2[n+]1-c1ccccc1. The van der Waals surface area contributed by atoms with Gasteiger partial charge in [0, 0.05) is 41.7 Å². The highest BCUT2D eigenvalue weighted by molar-refractivity contribution is 8.03. The molecule has 3 heterocycles. The van der Waals surface area contributed by atoms with Crippen LogP contribution >= 0.6 is 11.8 Å². The van der Waals surface area contributed by atoms with Gasteiger partial charge < -0.3 is 15.4 Å². The molecule has 4 aromatic rings. The highest BCUT2D eigenvalue weighted by atomic mass is 32.2. The molecule has 4 nitrogen and oxygen atoms in total. The lowest BCUT2D eigenvalue weighted by atomic mass is 10.0. The largest absolute Gasteiger partial charge is 0.443 e. The summed E-state index contributed by atoms with van der Waals surface area (Å²) >= 11 is 1.87. The van der Waals surface area contributed by atoms with Crippen molar-refractivity contribution in [2.75, 3.05) is 24.6 Å². The number of aromatic nitrogens is 1. The van der Waals surface area contributed by atoms with Gasteiger partial charge in [-0.2, -0.15) is 0 Å². The first-order valence-electron chi connectivity index (χ1n) is 11.5. The molecule has 0 atom stereocenters. The third-order valence-electron chi connectivity index (χ3n) is 6.28. The number of hydrogen-bond donors (Lipinski definition) is 1. The van der Waals surface area contributed by atoms with Crippen LogP contribution in [0.25, 0.3) is 22.7 Å². The van der Waals surface area contributed by atoms with Crippen LogP contribution in [0, 0.1) is 0 Å². The fourth-order valence-electron chi connectivity index (χ4n) is 4.87. The van der Waals surface area contributed by atoms with Crippen LogP contribution in [0.1, 0.15) is 17.5 Å². The fourth-order valence-corrected chi connectivity index (χ4v) is 6.05. The topological polar surface area (TPSA) is 42.4 Å². The Morgan fingerprint density at radius 3 is 2.73 bits per heavy atom. The van der Waals surface area contributed by atoms with Gasteiger partial charge in [0.2, 0.25) is 11.2 Å². The number of nitrogens with zero attached hydrogens (tertiary/aromatic N) is 2. The third-order valence-corrected chi connectivity index (χ3v) is 7.37. The predicted molar refractivity (Wildman–Crippen MR) is 136 cm³/mol. The Hall–Kier alpha value is -3.28. The molecule has 0 spiro atoms. The molecule has 0 aliphatic carbocycles. The summed E-state index contributed by atoms with van der Waals surface area (Å²) in [6.07, 6.45) is 4.67. The average Bonchev–Trinajstić information content (AvgIpc) is 3.22. The van der Waals surface area contributed by atoms with Crippen LogP contribution in [0.4, 0.5) is 5.69 Å². The zero-order valence-electron chi connectivity index (χ0n) is 18.4. The molecule has 164 valence electrons. The molecule has 0 unspecified atom stereocenters. The monoisotopic (exact) mass is 452 g/mol. The van der Waals surface area contributed by atoms with E-state index in [1.807, 2.05) is 17.8 Å². The first kappa shape index (κ1) is 20.3. The summed E-state index contributed by atoms with van der Waals surface area (Å²) in [5.74, 6) is 0.803. The summed E-state index contributed by atoms with van der Waals surface area (Å²) in [7, 11) is 0. The molecule has 33 heavy (non-hydrogen) atoms. The number of thioether (sulfide) groups is 1. The van der Waals surface area contributed by atoms with Gasteiger partial charge in [0.25, 0.3) is 0 Å². The van der Waals surface area contributed by atoms with E-state index in [0.29, 0.717) is 13.2 Å². The minimum atomic E-state index is 0.469. The van der Waals surface area contributed by atoms with Gasteiger partial charge >= 0.3 is 5.88 Å². The number of nitrogens with two attached hydrogens (primary N) is 1. The lowest BCUT2D eigenvalue weighted by Crippen LogP contribution is -2.35. The molecule has 0 bridgehead atoms. The van der Waals surface area contributed by atoms with E-state index in [-0.39, 0.29) is 0 Å². The van der Waals surface area contributed by atoms with Crippen molar-refractivity contribution in [3.63, 3.8) is 0 Å². The van der Waals surface area contributed by atoms with E-state index in [4.69, 9.17) is 10.5 Å². The average molecular weight is 453 g/mol. The molecule has 2 N–H and O–H groups in total. The molecule has 0 saturated carbocycles. The zero-order chi connectivity index (χ0) is 22.2. The van der Waals surface area contributed by atoms with Crippen molar-refractivity contribution in [3.8, 4) is 11.6 Å². The van der Waals surface area contributed by atoms with E-state index in [1.54, 1.807) is 0 Å². The van der Waals surface area contributed by atoms with E-state index in [2.05, 4.69) is 88.3 Å². The standard InChI is InChI=1S/C28H26N3OS/c29-15-17-32-26-18-21(19-27-30-16-7-9-20-8-6-14-25(33-27)28(20)30)23-12-4-5-13-24(23)31(26)22-10-2-1-3-11-22/h1-6,8,10-14,18-19H,7,9,15-17,29H2/q+1. The van der Waals surface area contributed by atoms with Crippen molar-refractivity contribution < 1.29 is 9.30 Å². The number of rotatable bonds is 5. The molecule has 1 aromatic heterocycles. The van der Waals surface area contributed by atoms with E-state index in [0.717, 1.165) is 35.6 Å². The van der Waals surface area contributed by atoms with Gasteiger partial charge in [-0.15, -0.1) is 4.57 Å². The predicted octanol–water partition coefficient (Wildman–Crippen LogP) is 5.31. The highest BCUT2D eigenvalue weighted by Gasteiger charge is 2.31. The molecule has 3 aromatic carbocycles. The van der Waals surface area contributed by atoms with Crippen molar-refractivity contribution in [1.82, 2.24) is 0 Å². The van der Waals surface area contributed by atoms with Crippen LogP contribution in [-0.2, 0) is 6.42 Å². The molecular formula is C28H26N3OS+. The number of benzene rings is 3. The minimum Gasteiger partial charge on any atom is -0.443 e. The van der Waals surface area contributed by atoms with Crippen molar-refractivity contribution >= 4 is 34.4 Å². The number of aryl methyl sites for hydroxylation is 1. The maximum Gasteiger partial charge on any atom is 0.374 e. The van der Waals surface area contributed by atoms with Crippen molar-refractivity contribution in [1.29, 1.82) is 0 Å². The molecule has 5 heteroatoms. The van der Waals surface area contributed by atoms with Gasteiger partial charge in [-0.3, -0.25) is 0 Å². The molecule has 6 rings (SSSR count). The van der Waals surface area contributed by atoms with E-state index in [9.17, 15) is 0 Å². The first-order chi connectivity index (χ1) is 16.3. The van der Waals surface area contributed by atoms with Crippen LogP contribution in [0.3, 0.4) is 0 Å². The highest BCUT2D eigenvalue weighted by Crippen LogP contribution is 2.50. The van der Waals surface area contributed by atoms with Gasteiger partial charge in [-0.1, -0.05) is 54.2 Å². The van der Waals surface area contributed by atoms with Crippen LogP contribution in [-0.4, -0.2) is 19.7 Å². The summed E-state index contributed by atoms with van der Waals surface area (Å²) < 4.78 is 8.37. The number of ether oxygens (including phenoxy) is 1. The number of pyridine rings is 1. The molecule has 2 aliphatic rings. The first-order valence-corrected chi connectivity index (χ1v) is 12.3. The quantitative estimate of drug-likeness (QED) is 0.417. The van der Waals surface area contributed by atoms with Crippen LogP contribution in [0.15, 0.2) is 88.8 Å². The Labute approximate surface area is 198 Å². The second-order valence-electron chi connectivity index (χ2n) is 8.37. The van der Waals surface area contributed by atoms with Crippen LogP contribution in [0.5, 0.6) is 5.88 Å². The Kier molecular flexibility index (Phi) is 5.29. The van der Waals surface area contributed by atoms with Gasteiger partial charge in [0.15, 0.2) is 0 Å². The maximum absolute atomic E-state index is 6.19. The molecule has 0 saturated heterocycles. The van der Waals surface area contributed by atoms with Gasteiger partial charge in [0.1, 0.15) is 6.61 Å². The third kappa shape index (κ3) is 3.58. The van der Waals surface area contributed by atoms with E-state index < -0.39 is 0 Å². The van der Waals surface area contributed by atoms with Crippen LogP contribution < -0.4 is 19.9 Å². The summed E-state index contributed by atoms with van der Waals surface area (Å²) in [5, 5.41) is 2.48. The number of fused-ring (bicyclic) bond motifs is 1. The Morgan fingerprint density at radius 1 is 1.00 bits per heavy atom. The second kappa shape index (κ2) is 8.58. The number of anilines is 1. The lowest BCUT2D eigenvalue weighted by Gasteiger charge is -2.27. The second-order valence-corrected chi connectivity index (χ2v) is 9.43. The van der Waals surface area contributed by atoms with E-state index in [1.165, 1.54) is 33.0 Å². The summed E-state index contributed by atoms with van der Waals surface area (Å²) in [5.41, 5.74) is 12.0. The fraction of sp³-hybridized carbons (Fsp3) is 0.179. The Bertz CT molecular complexity index is 1370. The minimum absolute atomic E-state index is 0.469. The molecular weight excluding hydrogens is 426 g/mol. The Morgan fingerprint density at radius 2 is 1.85 bits per heavy atom. The van der Waals surface area contributed by atoms with Crippen molar-refractivity contribution in [2.24, 2.45) is 5.73 Å². The van der Waals surface area contributed by atoms with Crippen LogP contribution in [0.2, 0.25) is 0 Å². The van der Waals surface area contributed by atoms with Crippen molar-refractivity contribution in [2.45, 2.75) is 17.7 Å². The van der Waals surface area contributed by atoms with E-state index >= 15 is 0 Å². The molecule has 0 amide bonds.